The van der Waals surface area contributed by atoms with Crippen LogP contribution in [0.3, 0.4) is 0 Å². The van der Waals surface area contributed by atoms with E-state index in [1.807, 2.05) is 0 Å². The van der Waals surface area contributed by atoms with Crippen LogP contribution < -0.4 is 14.8 Å². The number of carbonyl (C=O) groups excluding carboxylic acids is 3. The zero-order valence-corrected chi connectivity index (χ0v) is 14.3. The minimum atomic E-state index is -0.292. The van der Waals surface area contributed by atoms with E-state index in [9.17, 15) is 14.4 Å². The second kappa shape index (κ2) is 6.86. The van der Waals surface area contributed by atoms with Gasteiger partial charge in [-0.25, -0.2) is 0 Å². The highest BCUT2D eigenvalue weighted by atomic mass is 16.6. The molecule has 8 heteroatoms. The monoisotopic (exact) mass is 359 g/mol. The molecular formula is C18H21N3O5. The summed E-state index contributed by atoms with van der Waals surface area (Å²) in [4.78, 5) is 39.1. The first kappa shape index (κ1) is 16.7. The van der Waals surface area contributed by atoms with Gasteiger partial charge in [0.2, 0.25) is 18.2 Å². The van der Waals surface area contributed by atoms with Crippen LogP contribution in [0.1, 0.15) is 6.42 Å². The Morgan fingerprint density at radius 3 is 2.50 bits per heavy atom. The van der Waals surface area contributed by atoms with Crippen LogP contribution >= 0.6 is 0 Å². The lowest BCUT2D eigenvalue weighted by Crippen LogP contribution is -2.48. The molecule has 1 aromatic carbocycles. The lowest BCUT2D eigenvalue weighted by molar-refractivity contribution is -0.137. The molecule has 1 saturated heterocycles. The van der Waals surface area contributed by atoms with Crippen molar-refractivity contribution in [1.29, 1.82) is 0 Å². The molecule has 0 aromatic heterocycles. The molecule has 2 fully saturated rings. The Morgan fingerprint density at radius 2 is 1.77 bits per heavy atom. The SMILES string of the molecule is O=CN1CCN(C(=O)C2CC2C(=O)Nc2ccc3c(c2)OCCO3)CC1. The average Bonchev–Trinajstić information content (AvgIpc) is 3.48. The average molecular weight is 359 g/mol. The van der Waals surface area contributed by atoms with Crippen LogP contribution in [0.25, 0.3) is 0 Å². The minimum Gasteiger partial charge on any atom is -0.486 e. The summed E-state index contributed by atoms with van der Waals surface area (Å²) in [6.07, 6.45) is 1.38. The van der Waals surface area contributed by atoms with Crippen molar-refractivity contribution >= 4 is 23.9 Å². The molecule has 2 atom stereocenters. The Labute approximate surface area is 151 Å². The van der Waals surface area contributed by atoms with Gasteiger partial charge in [0.25, 0.3) is 0 Å². The van der Waals surface area contributed by atoms with E-state index in [0.717, 1.165) is 6.41 Å². The van der Waals surface area contributed by atoms with Crippen LogP contribution in [0.2, 0.25) is 0 Å². The predicted octanol–water partition coefficient (Wildman–Crippen LogP) is 0.333. The summed E-state index contributed by atoms with van der Waals surface area (Å²) in [6, 6.07) is 5.28. The van der Waals surface area contributed by atoms with Crippen molar-refractivity contribution in [3.05, 3.63) is 18.2 Å². The molecule has 3 amide bonds. The van der Waals surface area contributed by atoms with Crippen LogP contribution in [0, 0.1) is 11.8 Å². The van der Waals surface area contributed by atoms with Crippen molar-refractivity contribution < 1.29 is 23.9 Å². The van der Waals surface area contributed by atoms with Crippen molar-refractivity contribution in [2.24, 2.45) is 11.8 Å². The molecule has 1 aliphatic carbocycles. The molecule has 0 radical (unpaired) electrons. The highest BCUT2D eigenvalue weighted by Gasteiger charge is 2.49. The fourth-order valence-corrected chi connectivity index (χ4v) is 3.40. The number of hydrogen-bond acceptors (Lipinski definition) is 5. The van der Waals surface area contributed by atoms with Crippen molar-refractivity contribution in [3.63, 3.8) is 0 Å². The molecule has 0 spiro atoms. The van der Waals surface area contributed by atoms with Gasteiger partial charge < -0.3 is 24.6 Å². The zero-order chi connectivity index (χ0) is 18.1. The summed E-state index contributed by atoms with van der Waals surface area (Å²) in [6.45, 7) is 3.17. The largest absolute Gasteiger partial charge is 0.486 e. The van der Waals surface area contributed by atoms with Gasteiger partial charge in [-0.2, -0.15) is 0 Å². The Balaban J connectivity index is 1.31. The highest BCUT2D eigenvalue weighted by molar-refractivity contribution is 5.99. The number of amides is 3. The van der Waals surface area contributed by atoms with Gasteiger partial charge in [0.1, 0.15) is 13.2 Å². The summed E-state index contributed by atoms with van der Waals surface area (Å²) < 4.78 is 11.0. The van der Waals surface area contributed by atoms with E-state index in [-0.39, 0.29) is 23.7 Å². The fraction of sp³-hybridized carbons (Fsp3) is 0.500. The summed E-state index contributed by atoms with van der Waals surface area (Å²) in [5.41, 5.74) is 0.636. The van der Waals surface area contributed by atoms with E-state index < -0.39 is 0 Å². The van der Waals surface area contributed by atoms with Gasteiger partial charge in [-0.3, -0.25) is 14.4 Å². The first-order chi connectivity index (χ1) is 12.7. The number of ether oxygens (including phenoxy) is 2. The molecule has 8 nitrogen and oxygen atoms in total. The number of rotatable bonds is 4. The Bertz CT molecular complexity index is 730. The van der Waals surface area contributed by atoms with Crippen LogP contribution in [0.5, 0.6) is 11.5 Å². The lowest BCUT2D eigenvalue weighted by atomic mass is 10.2. The number of carbonyl (C=O) groups is 3. The maximum atomic E-state index is 12.5. The first-order valence-electron chi connectivity index (χ1n) is 8.84. The van der Waals surface area contributed by atoms with E-state index in [1.165, 1.54) is 0 Å². The van der Waals surface area contributed by atoms with Crippen LogP contribution in [0.4, 0.5) is 5.69 Å². The zero-order valence-electron chi connectivity index (χ0n) is 14.3. The van der Waals surface area contributed by atoms with Crippen molar-refractivity contribution in [2.75, 3.05) is 44.7 Å². The van der Waals surface area contributed by atoms with Gasteiger partial charge >= 0.3 is 0 Å². The standard InChI is InChI=1S/C18H21N3O5/c22-11-20-3-5-21(6-4-20)18(24)14-10-13(14)17(23)19-12-1-2-15-16(9-12)26-8-7-25-15/h1-2,9,11,13-14H,3-8,10H2,(H,19,23). The molecule has 4 rings (SSSR count). The van der Waals surface area contributed by atoms with E-state index in [4.69, 9.17) is 9.47 Å². The summed E-state index contributed by atoms with van der Waals surface area (Å²) in [5, 5.41) is 2.86. The maximum Gasteiger partial charge on any atom is 0.228 e. The number of nitrogens with zero attached hydrogens (tertiary/aromatic N) is 2. The van der Waals surface area contributed by atoms with E-state index in [1.54, 1.807) is 28.0 Å². The maximum absolute atomic E-state index is 12.5. The van der Waals surface area contributed by atoms with Gasteiger partial charge in [-0.05, 0) is 18.6 Å². The summed E-state index contributed by atoms with van der Waals surface area (Å²) in [7, 11) is 0. The van der Waals surface area contributed by atoms with E-state index in [2.05, 4.69) is 5.32 Å². The molecule has 2 unspecified atom stereocenters. The van der Waals surface area contributed by atoms with Crippen LogP contribution in [-0.2, 0) is 14.4 Å². The number of benzene rings is 1. The number of hydrogen-bond donors (Lipinski definition) is 1. The quantitative estimate of drug-likeness (QED) is 0.783. The van der Waals surface area contributed by atoms with E-state index >= 15 is 0 Å². The minimum absolute atomic E-state index is 0.0119. The van der Waals surface area contributed by atoms with Gasteiger partial charge in [0.15, 0.2) is 11.5 Å². The summed E-state index contributed by atoms with van der Waals surface area (Å²) in [5.74, 6) is 0.605. The molecule has 2 aliphatic heterocycles. The van der Waals surface area contributed by atoms with Crippen LogP contribution in [-0.4, -0.2) is 67.4 Å². The fourth-order valence-electron chi connectivity index (χ4n) is 3.40. The normalized spacial score (nSPS) is 24.0. The highest BCUT2D eigenvalue weighted by Crippen LogP contribution is 2.41. The van der Waals surface area contributed by atoms with Gasteiger partial charge in [0.05, 0.1) is 11.8 Å². The Kier molecular flexibility index (Phi) is 4.40. The molecule has 0 bridgehead atoms. The van der Waals surface area contributed by atoms with Crippen molar-refractivity contribution in [2.45, 2.75) is 6.42 Å². The van der Waals surface area contributed by atoms with E-state index in [0.29, 0.717) is 63.0 Å². The molecule has 26 heavy (non-hydrogen) atoms. The summed E-state index contributed by atoms with van der Waals surface area (Å²) >= 11 is 0. The number of nitrogens with one attached hydrogen (secondary N) is 1. The number of anilines is 1. The molecule has 138 valence electrons. The first-order valence-corrected chi connectivity index (χ1v) is 8.84. The second-order valence-electron chi connectivity index (χ2n) is 6.76. The molecule has 2 heterocycles. The van der Waals surface area contributed by atoms with Gasteiger partial charge in [-0.15, -0.1) is 0 Å². The third-order valence-electron chi connectivity index (χ3n) is 5.03. The smallest absolute Gasteiger partial charge is 0.228 e. The van der Waals surface area contributed by atoms with Crippen molar-refractivity contribution in [1.82, 2.24) is 9.80 Å². The van der Waals surface area contributed by atoms with Crippen LogP contribution in [0.15, 0.2) is 18.2 Å². The second-order valence-corrected chi connectivity index (χ2v) is 6.76. The number of piperazine rings is 1. The van der Waals surface area contributed by atoms with Crippen molar-refractivity contribution in [3.8, 4) is 11.5 Å². The molecule has 1 aromatic rings. The van der Waals surface area contributed by atoms with Gasteiger partial charge in [-0.1, -0.05) is 0 Å². The Hall–Kier alpha value is -2.77. The third kappa shape index (κ3) is 3.31. The molecule has 1 N–H and O–H groups in total. The van der Waals surface area contributed by atoms with Gasteiger partial charge in [0, 0.05) is 37.9 Å². The molecular weight excluding hydrogens is 338 g/mol. The predicted molar refractivity (Wildman–Crippen MR) is 91.9 cm³/mol. The Morgan fingerprint density at radius 1 is 1.04 bits per heavy atom. The topological polar surface area (TPSA) is 88.2 Å². The number of fused-ring (bicyclic) bond motifs is 1. The lowest BCUT2D eigenvalue weighted by Gasteiger charge is -2.32. The molecule has 3 aliphatic rings. The third-order valence-corrected chi connectivity index (χ3v) is 5.03. The molecule has 1 saturated carbocycles.